The lowest BCUT2D eigenvalue weighted by atomic mass is 10.1. The van der Waals surface area contributed by atoms with E-state index in [1.54, 1.807) is 5.32 Å². The molecule has 1 rings (SSSR count). The molecule has 0 bridgehead atoms. The van der Waals surface area contributed by atoms with Crippen molar-refractivity contribution in [3.8, 4) is 0 Å². The second-order valence-corrected chi connectivity index (χ2v) is 4.14. The summed E-state index contributed by atoms with van der Waals surface area (Å²) in [5.41, 5.74) is 0.546. The molecule has 21 heavy (non-hydrogen) atoms. The van der Waals surface area contributed by atoms with Gasteiger partial charge in [0.05, 0.1) is 13.0 Å². The number of halogens is 4. The number of carbonyl (C=O) groups is 2. The molecule has 3 N–H and O–H groups in total. The fraction of sp³-hybridized carbons (Fsp3) is 0.333. The zero-order valence-electron chi connectivity index (χ0n) is 10.6. The van der Waals surface area contributed by atoms with E-state index in [1.807, 2.05) is 0 Å². The number of anilines is 1. The van der Waals surface area contributed by atoms with E-state index < -0.39 is 30.9 Å². The molecule has 9 heteroatoms. The third-order valence-corrected chi connectivity index (χ3v) is 2.34. The molecule has 1 aromatic rings. The van der Waals surface area contributed by atoms with Crippen molar-refractivity contribution in [1.82, 2.24) is 5.32 Å². The maximum Gasteiger partial charge on any atom is 0.324 e. The Balaban J connectivity index is 2.57. The van der Waals surface area contributed by atoms with E-state index in [-0.39, 0.29) is 12.1 Å². The van der Waals surface area contributed by atoms with Crippen LogP contribution < -0.4 is 10.6 Å². The summed E-state index contributed by atoms with van der Waals surface area (Å²) in [5.74, 6) is -5.39. The first-order valence-electron chi connectivity index (χ1n) is 5.72. The summed E-state index contributed by atoms with van der Waals surface area (Å²) in [6, 6.07) is 4.60. The van der Waals surface area contributed by atoms with Gasteiger partial charge in [-0.3, -0.25) is 4.79 Å². The number of rotatable bonds is 6. The number of hydrogen-bond acceptors (Lipinski definition) is 2. The lowest BCUT2D eigenvalue weighted by Crippen LogP contribution is -2.42. The van der Waals surface area contributed by atoms with Crippen LogP contribution in [0.15, 0.2) is 24.3 Å². The normalized spacial score (nSPS) is 11.3. The minimum Gasteiger partial charge on any atom is -0.481 e. The van der Waals surface area contributed by atoms with E-state index in [2.05, 4.69) is 5.32 Å². The van der Waals surface area contributed by atoms with Crippen molar-refractivity contribution >= 4 is 17.7 Å². The van der Waals surface area contributed by atoms with Gasteiger partial charge in [-0.15, -0.1) is 0 Å². The first kappa shape index (κ1) is 16.7. The third kappa shape index (κ3) is 5.67. The molecule has 0 radical (unpaired) electrons. The SMILES string of the molecule is O=C(O)Cc1cccc(NC(=O)NCC(F)(F)C(F)F)c1. The molecule has 116 valence electrons. The lowest BCUT2D eigenvalue weighted by Gasteiger charge is -2.16. The number of alkyl halides is 4. The average Bonchev–Trinajstić information content (AvgIpc) is 2.36. The quantitative estimate of drug-likeness (QED) is 0.706. The number of carboxylic acid groups (broad SMARTS) is 1. The number of urea groups is 1. The first-order chi connectivity index (χ1) is 9.70. The second-order valence-electron chi connectivity index (χ2n) is 4.14. The van der Waals surface area contributed by atoms with Crippen LogP contribution >= 0.6 is 0 Å². The molecular weight excluding hydrogens is 296 g/mol. The van der Waals surface area contributed by atoms with E-state index in [0.29, 0.717) is 5.56 Å². The molecule has 5 nitrogen and oxygen atoms in total. The van der Waals surface area contributed by atoms with Crippen LogP contribution in [0.3, 0.4) is 0 Å². The van der Waals surface area contributed by atoms with Crippen LogP contribution in [0.5, 0.6) is 0 Å². The number of carboxylic acids is 1. The smallest absolute Gasteiger partial charge is 0.324 e. The minimum absolute atomic E-state index is 0.159. The van der Waals surface area contributed by atoms with Crippen LogP contribution in [0.2, 0.25) is 0 Å². The van der Waals surface area contributed by atoms with Crippen molar-refractivity contribution in [1.29, 1.82) is 0 Å². The van der Waals surface area contributed by atoms with Gasteiger partial charge in [0.1, 0.15) is 0 Å². The zero-order valence-corrected chi connectivity index (χ0v) is 10.6. The maximum atomic E-state index is 12.6. The Kier molecular flexibility index (Phi) is 5.51. The summed E-state index contributed by atoms with van der Waals surface area (Å²) < 4.78 is 49.0. The number of carbonyl (C=O) groups excluding carboxylic acids is 1. The highest BCUT2D eigenvalue weighted by Crippen LogP contribution is 2.21. The molecule has 0 saturated carbocycles. The lowest BCUT2D eigenvalue weighted by molar-refractivity contribution is -0.136. The Hall–Kier alpha value is -2.32. The third-order valence-electron chi connectivity index (χ3n) is 2.34. The summed E-state index contributed by atoms with van der Waals surface area (Å²) in [7, 11) is 0. The Labute approximate surface area is 117 Å². The summed E-state index contributed by atoms with van der Waals surface area (Å²) in [5, 5.41) is 12.4. The van der Waals surface area contributed by atoms with Crippen molar-refractivity contribution in [2.24, 2.45) is 0 Å². The predicted octanol–water partition coefficient (Wildman–Crippen LogP) is 2.34. The number of nitrogens with one attached hydrogen (secondary N) is 2. The van der Waals surface area contributed by atoms with E-state index >= 15 is 0 Å². The Morgan fingerprint density at radius 1 is 1.29 bits per heavy atom. The maximum absolute atomic E-state index is 12.6. The number of amides is 2. The molecule has 0 aliphatic heterocycles. The standard InChI is InChI=1S/C12H12F4N2O3/c13-10(14)12(15,16)6-17-11(21)18-8-3-1-2-7(4-8)5-9(19)20/h1-4,10H,5-6H2,(H,19,20)(H2,17,18,21). The minimum atomic E-state index is -4.32. The summed E-state index contributed by atoms with van der Waals surface area (Å²) in [6.45, 7) is -1.51. The molecule has 0 aliphatic rings. The van der Waals surface area contributed by atoms with Gasteiger partial charge in [0.15, 0.2) is 0 Å². The van der Waals surface area contributed by atoms with Crippen LogP contribution in [0.1, 0.15) is 5.56 Å². The highest BCUT2D eigenvalue weighted by atomic mass is 19.3. The summed E-state index contributed by atoms with van der Waals surface area (Å²) in [4.78, 5) is 21.8. The van der Waals surface area contributed by atoms with Crippen LogP contribution in [-0.4, -0.2) is 36.0 Å². The van der Waals surface area contributed by atoms with Gasteiger partial charge in [0, 0.05) is 5.69 Å². The molecule has 0 aliphatic carbocycles. The van der Waals surface area contributed by atoms with E-state index in [1.165, 1.54) is 24.3 Å². The Morgan fingerprint density at radius 3 is 2.52 bits per heavy atom. The Bertz CT molecular complexity index is 523. The fourth-order valence-electron chi connectivity index (χ4n) is 1.38. The second kappa shape index (κ2) is 6.91. The van der Waals surface area contributed by atoms with Gasteiger partial charge in [-0.25, -0.2) is 13.6 Å². The van der Waals surface area contributed by atoms with Crippen molar-refractivity contribution < 1.29 is 32.3 Å². The molecule has 0 atom stereocenters. The van der Waals surface area contributed by atoms with E-state index in [9.17, 15) is 27.2 Å². The molecule has 0 fully saturated rings. The van der Waals surface area contributed by atoms with Crippen LogP contribution in [-0.2, 0) is 11.2 Å². The van der Waals surface area contributed by atoms with Gasteiger partial charge in [-0.05, 0) is 17.7 Å². The molecule has 0 heterocycles. The van der Waals surface area contributed by atoms with E-state index in [0.717, 1.165) is 0 Å². The Morgan fingerprint density at radius 2 is 1.95 bits per heavy atom. The fourth-order valence-corrected chi connectivity index (χ4v) is 1.38. The van der Waals surface area contributed by atoms with Crippen LogP contribution in [0, 0.1) is 0 Å². The molecule has 0 aromatic heterocycles. The van der Waals surface area contributed by atoms with Crippen molar-refractivity contribution in [3.63, 3.8) is 0 Å². The van der Waals surface area contributed by atoms with Gasteiger partial charge < -0.3 is 15.7 Å². The first-order valence-corrected chi connectivity index (χ1v) is 5.72. The van der Waals surface area contributed by atoms with Crippen molar-refractivity contribution in [3.05, 3.63) is 29.8 Å². The number of hydrogen-bond donors (Lipinski definition) is 3. The molecule has 0 unspecified atom stereocenters. The molecular formula is C12H12F4N2O3. The average molecular weight is 308 g/mol. The molecule has 1 aromatic carbocycles. The summed E-state index contributed by atoms with van der Waals surface area (Å²) >= 11 is 0. The monoisotopic (exact) mass is 308 g/mol. The number of benzene rings is 1. The molecule has 0 spiro atoms. The van der Waals surface area contributed by atoms with Crippen LogP contribution in [0.4, 0.5) is 28.0 Å². The van der Waals surface area contributed by atoms with Gasteiger partial charge in [0.25, 0.3) is 0 Å². The predicted molar refractivity (Wildman–Crippen MR) is 65.8 cm³/mol. The molecule has 2 amide bonds. The topological polar surface area (TPSA) is 78.4 Å². The van der Waals surface area contributed by atoms with Gasteiger partial charge in [0.2, 0.25) is 0 Å². The van der Waals surface area contributed by atoms with Gasteiger partial charge >= 0.3 is 24.3 Å². The largest absolute Gasteiger partial charge is 0.481 e. The van der Waals surface area contributed by atoms with Crippen LogP contribution in [0.25, 0.3) is 0 Å². The summed E-state index contributed by atoms with van der Waals surface area (Å²) in [6.07, 6.45) is -4.16. The van der Waals surface area contributed by atoms with Gasteiger partial charge in [-0.1, -0.05) is 12.1 Å². The van der Waals surface area contributed by atoms with Gasteiger partial charge in [-0.2, -0.15) is 8.78 Å². The highest BCUT2D eigenvalue weighted by molar-refractivity contribution is 5.89. The highest BCUT2D eigenvalue weighted by Gasteiger charge is 2.40. The van der Waals surface area contributed by atoms with Crippen molar-refractivity contribution in [2.75, 3.05) is 11.9 Å². The van der Waals surface area contributed by atoms with Crippen molar-refractivity contribution in [2.45, 2.75) is 18.8 Å². The zero-order chi connectivity index (χ0) is 16.0. The van der Waals surface area contributed by atoms with E-state index in [4.69, 9.17) is 5.11 Å². The molecule has 0 saturated heterocycles. The number of aliphatic carboxylic acids is 1.